The molecule has 1 unspecified atom stereocenters. The number of hydrogen-bond donors (Lipinski definition) is 1. The van der Waals surface area contributed by atoms with Crippen LogP contribution in [0.15, 0.2) is 24.3 Å². The summed E-state index contributed by atoms with van der Waals surface area (Å²) in [6.07, 6.45) is -0.582. The monoisotopic (exact) mass is 348 g/mol. The second-order valence-electron chi connectivity index (χ2n) is 6.72. The third-order valence-corrected chi connectivity index (χ3v) is 3.61. The second-order valence-corrected chi connectivity index (χ2v) is 6.72. The zero-order chi connectivity index (χ0) is 18.6. The molecule has 1 aromatic rings. The molecule has 1 N–H and O–H groups in total. The summed E-state index contributed by atoms with van der Waals surface area (Å²) in [7, 11) is 0. The minimum absolute atomic E-state index is 0.101. The highest BCUT2D eigenvalue weighted by Crippen LogP contribution is 2.36. The van der Waals surface area contributed by atoms with Crippen molar-refractivity contribution in [2.45, 2.75) is 39.2 Å². The van der Waals surface area contributed by atoms with Crippen LogP contribution in [-0.4, -0.2) is 43.3 Å². The standard InChI is InChI=1S/C18H24N2O5/c1-5-24-15(21)11-20-14-9-7-6-8-12(14)13(16(20)22)10-19-17(23)25-18(2,3)4/h6-9,13H,5,10-11H2,1-4H3,(H,19,23). The maximum atomic E-state index is 12.7. The fraction of sp³-hybridized carbons (Fsp3) is 0.500. The molecular weight excluding hydrogens is 324 g/mol. The van der Waals surface area contributed by atoms with Gasteiger partial charge in [-0.15, -0.1) is 0 Å². The van der Waals surface area contributed by atoms with Gasteiger partial charge in [-0.2, -0.15) is 0 Å². The van der Waals surface area contributed by atoms with Crippen LogP contribution in [0.5, 0.6) is 0 Å². The Morgan fingerprint density at radius 1 is 1.24 bits per heavy atom. The maximum absolute atomic E-state index is 12.7. The van der Waals surface area contributed by atoms with E-state index in [1.807, 2.05) is 12.1 Å². The predicted octanol–water partition coefficient (Wildman–Crippen LogP) is 2.20. The van der Waals surface area contributed by atoms with Gasteiger partial charge in [-0.3, -0.25) is 9.59 Å². The van der Waals surface area contributed by atoms with Crippen molar-refractivity contribution >= 4 is 23.7 Å². The highest BCUT2D eigenvalue weighted by molar-refractivity contribution is 6.07. The van der Waals surface area contributed by atoms with Crippen molar-refractivity contribution in [1.29, 1.82) is 0 Å². The molecule has 136 valence electrons. The molecule has 0 fully saturated rings. The van der Waals surface area contributed by atoms with E-state index in [0.29, 0.717) is 5.69 Å². The molecule has 1 aliphatic heterocycles. The fourth-order valence-corrected chi connectivity index (χ4v) is 2.66. The predicted molar refractivity (Wildman–Crippen MR) is 92.4 cm³/mol. The number of hydrogen-bond acceptors (Lipinski definition) is 5. The van der Waals surface area contributed by atoms with Crippen LogP contribution in [0.25, 0.3) is 0 Å². The van der Waals surface area contributed by atoms with Crippen LogP contribution in [0.4, 0.5) is 10.5 Å². The Morgan fingerprint density at radius 2 is 1.92 bits per heavy atom. The fourth-order valence-electron chi connectivity index (χ4n) is 2.66. The number of alkyl carbamates (subject to hydrolysis) is 1. The summed E-state index contributed by atoms with van der Waals surface area (Å²) in [5.74, 6) is -1.27. The summed E-state index contributed by atoms with van der Waals surface area (Å²) >= 11 is 0. The highest BCUT2D eigenvalue weighted by Gasteiger charge is 2.38. The van der Waals surface area contributed by atoms with Gasteiger partial charge in [0.15, 0.2) is 0 Å². The van der Waals surface area contributed by atoms with Crippen LogP contribution in [0, 0.1) is 0 Å². The van der Waals surface area contributed by atoms with E-state index in [4.69, 9.17) is 9.47 Å². The third-order valence-electron chi connectivity index (χ3n) is 3.61. The zero-order valence-corrected chi connectivity index (χ0v) is 15.0. The lowest BCUT2D eigenvalue weighted by molar-refractivity contribution is -0.142. The Bertz CT molecular complexity index is 666. The van der Waals surface area contributed by atoms with Crippen LogP contribution in [0.2, 0.25) is 0 Å². The van der Waals surface area contributed by atoms with Crippen molar-refractivity contribution in [1.82, 2.24) is 5.32 Å². The van der Waals surface area contributed by atoms with Crippen LogP contribution >= 0.6 is 0 Å². The van der Waals surface area contributed by atoms with Gasteiger partial charge >= 0.3 is 12.1 Å². The van der Waals surface area contributed by atoms with Gasteiger partial charge in [-0.1, -0.05) is 18.2 Å². The van der Waals surface area contributed by atoms with Crippen molar-refractivity contribution in [3.05, 3.63) is 29.8 Å². The lowest BCUT2D eigenvalue weighted by Crippen LogP contribution is -2.39. The van der Waals surface area contributed by atoms with Crippen molar-refractivity contribution in [3.63, 3.8) is 0 Å². The number of benzene rings is 1. The molecule has 0 spiro atoms. The van der Waals surface area contributed by atoms with E-state index >= 15 is 0 Å². The van der Waals surface area contributed by atoms with E-state index in [-0.39, 0.29) is 25.6 Å². The molecule has 1 heterocycles. The molecule has 7 nitrogen and oxygen atoms in total. The molecular formula is C18H24N2O5. The Balaban J connectivity index is 2.10. The number of carbonyl (C=O) groups excluding carboxylic acids is 3. The molecule has 0 aromatic heterocycles. The number of para-hydroxylation sites is 1. The number of nitrogens with zero attached hydrogens (tertiary/aromatic N) is 1. The second kappa shape index (κ2) is 7.55. The summed E-state index contributed by atoms with van der Waals surface area (Å²) in [5, 5.41) is 2.63. The van der Waals surface area contributed by atoms with E-state index in [2.05, 4.69) is 5.32 Å². The molecule has 0 radical (unpaired) electrons. The zero-order valence-electron chi connectivity index (χ0n) is 15.0. The molecule has 25 heavy (non-hydrogen) atoms. The van der Waals surface area contributed by atoms with E-state index in [1.54, 1.807) is 39.8 Å². The van der Waals surface area contributed by atoms with Crippen molar-refractivity contribution in [2.24, 2.45) is 0 Å². The molecule has 0 aliphatic carbocycles. The van der Waals surface area contributed by atoms with Gasteiger partial charge in [0.05, 0.1) is 12.5 Å². The van der Waals surface area contributed by atoms with E-state index in [1.165, 1.54) is 4.90 Å². The number of carbonyl (C=O) groups is 3. The van der Waals surface area contributed by atoms with Gasteiger partial charge in [0.2, 0.25) is 5.91 Å². The van der Waals surface area contributed by atoms with Gasteiger partial charge in [0.1, 0.15) is 12.1 Å². The first-order chi connectivity index (χ1) is 11.7. The van der Waals surface area contributed by atoms with Gasteiger partial charge in [0.25, 0.3) is 0 Å². The van der Waals surface area contributed by atoms with Crippen molar-refractivity contribution < 1.29 is 23.9 Å². The number of ether oxygens (including phenoxy) is 2. The summed E-state index contributed by atoms with van der Waals surface area (Å²) in [6, 6.07) is 7.22. The van der Waals surface area contributed by atoms with E-state index in [9.17, 15) is 14.4 Å². The van der Waals surface area contributed by atoms with E-state index < -0.39 is 23.6 Å². The van der Waals surface area contributed by atoms with Crippen molar-refractivity contribution in [3.8, 4) is 0 Å². The molecule has 7 heteroatoms. The number of anilines is 1. The van der Waals surface area contributed by atoms with Crippen LogP contribution < -0.4 is 10.2 Å². The lowest BCUT2D eigenvalue weighted by atomic mass is 10.0. The largest absolute Gasteiger partial charge is 0.465 e. The minimum Gasteiger partial charge on any atom is -0.465 e. The van der Waals surface area contributed by atoms with Crippen LogP contribution in [0.1, 0.15) is 39.2 Å². The number of fused-ring (bicyclic) bond motifs is 1. The summed E-state index contributed by atoms with van der Waals surface area (Å²) in [5.41, 5.74) is 0.821. The SMILES string of the molecule is CCOC(=O)CN1C(=O)C(CNC(=O)OC(C)(C)C)c2ccccc21. The Kier molecular flexibility index (Phi) is 5.66. The molecule has 0 saturated carbocycles. The number of esters is 1. The third kappa shape index (κ3) is 4.71. The summed E-state index contributed by atoms with van der Waals surface area (Å²) in [6.45, 7) is 7.23. The topological polar surface area (TPSA) is 84.9 Å². The first kappa shape index (κ1) is 18.8. The quantitative estimate of drug-likeness (QED) is 0.825. The Hall–Kier alpha value is -2.57. The van der Waals surface area contributed by atoms with E-state index in [0.717, 1.165) is 5.56 Å². The molecule has 0 bridgehead atoms. The van der Waals surface area contributed by atoms with Gasteiger partial charge in [-0.05, 0) is 39.3 Å². The summed E-state index contributed by atoms with van der Waals surface area (Å²) in [4.78, 5) is 37.7. The molecule has 1 atom stereocenters. The smallest absolute Gasteiger partial charge is 0.407 e. The minimum atomic E-state index is -0.613. The molecule has 2 amide bonds. The molecule has 1 aromatic carbocycles. The lowest BCUT2D eigenvalue weighted by Gasteiger charge is -2.20. The number of nitrogens with one attached hydrogen (secondary N) is 1. The maximum Gasteiger partial charge on any atom is 0.407 e. The van der Waals surface area contributed by atoms with Crippen LogP contribution in [-0.2, 0) is 19.1 Å². The van der Waals surface area contributed by atoms with Gasteiger partial charge in [0, 0.05) is 12.2 Å². The Morgan fingerprint density at radius 3 is 2.56 bits per heavy atom. The average molecular weight is 348 g/mol. The van der Waals surface area contributed by atoms with Crippen LogP contribution in [0.3, 0.4) is 0 Å². The molecule has 1 aliphatic rings. The molecule has 2 rings (SSSR count). The first-order valence-corrected chi connectivity index (χ1v) is 8.25. The van der Waals surface area contributed by atoms with Crippen molar-refractivity contribution in [2.75, 3.05) is 24.6 Å². The number of rotatable bonds is 5. The number of amides is 2. The Labute approximate surface area is 147 Å². The summed E-state index contributed by atoms with van der Waals surface area (Å²) < 4.78 is 10.1. The van der Waals surface area contributed by atoms with Gasteiger partial charge in [-0.25, -0.2) is 4.79 Å². The first-order valence-electron chi connectivity index (χ1n) is 8.25. The van der Waals surface area contributed by atoms with Gasteiger partial charge < -0.3 is 19.7 Å². The average Bonchev–Trinajstić information content (AvgIpc) is 2.76. The highest BCUT2D eigenvalue weighted by atomic mass is 16.6. The normalized spacial score (nSPS) is 16.4. The molecule has 0 saturated heterocycles.